The van der Waals surface area contributed by atoms with Gasteiger partial charge in [0.1, 0.15) is 18.0 Å². The van der Waals surface area contributed by atoms with E-state index in [4.69, 9.17) is 14.2 Å². The molecule has 3 rings (SSSR count). The van der Waals surface area contributed by atoms with E-state index in [1.165, 1.54) is 30.9 Å². The first-order valence-corrected chi connectivity index (χ1v) is 9.70. The molecule has 2 amide bonds. The molecule has 0 atom stereocenters. The maximum Gasteiger partial charge on any atom is 0.326 e. The third-order valence-electron chi connectivity index (χ3n) is 4.14. The van der Waals surface area contributed by atoms with Crippen molar-refractivity contribution in [2.45, 2.75) is 4.90 Å². The molecule has 1 aliphatic heterocycles. The van der Waals surface area contributed by atoms with Crippen molar-refractivity contribution in [1.29, 1.82) is 0 Å². The Morgan fingerprint density at radius 2 is 1.93 bits per heavy atom. The maximum absolute atomic E-state index is 12.2. The van der Waals surface area contributed by atoms with E-state index in [2.05, 4.69) is 5.32 Å². The normalized spacial score (nSPS) is 12.8. The Hall–Kier alpha value is -3.20. The molecule has 9 heteroatoms. The smallest absolute Gasteiger partial charge is 0.326 e. The highest BCUT2D eigenvalue weighted by Gasteiger charge is 2.27. The standard InChI is InChI=1S/C20H20N2O6S/c1-26-13-7-8-16(27-2)14(9-13)21-18(23)11-28-20(25)10-22-15-5-3-4-6-17(15)29-12-19(22)24/h3-9H,10-12H2,1-2H3,(H,21,23). The number of esters is 1. The number of carbonyl (C=O) groups excluding carboxylic acids is 3. The van der Waals surface area contributed by atoms with Gasteiger partial charge < -0.3 is 19.5 Å². The summed E-state index contributed by atoms with van der Waals surface area (Å²) in [4.78, 5) is 38.9. The summed E-state index contributed by atoms with van der Waals surface area (Å²) in [5.41, 5.74) is 1.06. The van der Waals surface area contributed by atoms with Crippen molar-refractivity contribution in [3.05, 3.63) is 42.5 Å². The number of nitrogens with zero attached hydrogens (tertiary/aromatic N) is 1. The lowest BCUT2D eigenvalue weighted by atomic mass is 10.2. The van der Waals surface area contributed by atoms with Gasteiger partial charge in [0, 0.05) is 11.0 Å². The molecule has 0 spiro atoms. The molecule has 0 saturated heterocycles. The van der Waals surface area contributed by atoms with Gasteiger partial charge in [-0.25, -0.2) is 0 Å². The van der Waals surface area contributed by atoms with Crippen molar-refractivity contribution in [2.24, 2.45) is 0 Å². The SMILES string of the molecule is COc1ccc(OC)c(NC(=O)COC(=O)CN2C(=O)CSc3ccccc32)c1. The number of fused-ring (bicyclic) bond motifs is 1. The first kappa shape index (κ1) is 20.5. The monoisotopic (exact) mass is 416 g/mol. The summed E-state index contributed by atoms with van der Waals surface area (Å²) in [5.74, 6) is -0.160. The largest absolute Gasteiger partial charge is 0.497 e. The molecule has 8 nitrogen and oxygen atoms in total. The summed E-state index contributed by atoms with van der Waals surface area (Å²) in [5, 5.41) is 2.61. The molecular weight excluding hydrogens is 396 g/mol. The molecule has 1 aliphatic rings. The molecule has 29 heavy (non-hydrogen) atoms. The number of hydrogen-bond acceptors (Lipinski definition) is 7. The average Bonchev–Trinajstić information content (AvgIpc) is 2.74. The molecule has 2 aromatic rings. The summed E-state index contributed by atoms with van der Waals surface area (Å²) < 4.78 is 15.4. The van der Waals surface area contributed by atoms with Gasteiger partial charge in [-0.2, -0.15) is 0 Å². The number of carbonyl (C=O) groups is 3. The Bertz CT molecular complexity index is 933. The highest BCUT2D eigenvalue weighted by atomic mass is 32.2. The van der Waals surface area contributed by atoms with Gasteiger partial charge in [-0.05, 0) is 24.3 Å². The Morgan fingerprint density at radius 1 is 1.14 bits per heavy atom. The summed E-state index contributed by atoms with van der Waals surface area (Å²) >= 11 is 1.42. The van der Waals surface area contributed by atoms with Gasteiger partial charge in [0.15, 0.2) is 6.61 Å². The van der Waals surface area contributed by atoms with Crippen LogP contribution in [0.5, 0.6) is 11.5 Å². The van der Waals surface area contributed by atoms with Gasteiger partial charge in [-0.3, -0.25) is 19.3 Å². The number of ether oxygens (including phenoxy) is 3. The predicted molar refractivity (Wildman–Crippen MR) is 109 cm³/mol. The minimum atomic E-state index is -0.673. The summed E-state index contributed by atoms with van der Waals surface area (Å²) in [6.07, 6.45) is 0. The van der Waals surface area contributed by atoms with Crippen LogP contribution in [-0.4, -0.2) is 50.9 Å². The van der Waals surface area contributed by atoms with Gasteiger partial charge in [0.2, 0.25) is 5.91 Å². The van der Waals surface area contributed by atoms with E-state index in [1.807, 2.05) is 12.1 Å². The second-order valence-electron chi connectivity index (χ2n) is 6.01. The Labute approximate surface area is 172 Å². The van der Waals surface area contributed by atoms with Crippen LogP contribution in [-0.2, 0) is 19.1 Å². The van der Waals surface area contributed by atoms with Crippen molar-refractivity contribution < 1.29 is 28.6 Å². The number of hydrogen-bond donors (Lipinski definition) is 1. The Balaban J connectivity index is 1.57. The number of rotatable bonds is 7. The van der Waals surface area contributed by atoms with E-state index in [9.17, 15) is 14.4 Å². The third kappa shape index (κ3) is 5.00. The van der Waals surface area contributed by atoms with Crippen LogP contribution < -0.4 is 19.7 Å². The molecule has 0 aliphatic carbocycles. The third-order valence-corrected chi connectivity index (χ3v) is 5.19. The van der Waals surface area contributed by atoms with Crippen LogP contribution in [0.15, 0.2) is 47.4 Å². The highest BCUT2D eigenvalue weighted by Crippen LogP contribution is 2.34. The van der Waals surface area contributed by atoms with Crippen LogP contribution in [0.2, 0.25) is 0 Å². The fraction of sp³-hybridized carbons (Fsp3) is 0.250. The van der Waals surface area contributed by atoms with Crippen LogP contribution >= 0.6 is 11.8 Å². The molecule has 1 heterocycles. The Kier molecular flexibility index (Phi) is 6.61. The second kappa shape index (κ2) is 9.33. The minimum absolute atomic E-state index is 0.184. The maximum atomic E-state index is 12.2. The number of methoxy groups -OCH3 is 2. The van der Waals surface area contributed by atoms with Crippen molar-refractivity contribution in [2.75, 3.05) is 43.3 Å². The molecule has 0 radical (unpaired) electrons. The van der Waals surface area contributed by atoms with Gasteiger partial charge >= 0.3 is 5.97 Å². The summed E-state index contributed by atoms with van der Waals surface area (Å²) in [6, 6.07) is 12.3. The summed E-state index contributed by atoms with van der Waals surface area (Å²) in [7, 11) is 2.98. The zero-order valence-electron chi connectivity index (χ0n) is 16.0. The van der Waals surface area contributed by atoms with Gasteiger partial charge in [0.25, 0.3) is 5.91 Å². The Morgan fingerprint density at radius 3 is 2.69 bits per heavy atom. The molecule has 152 valence electrons. The molecule has 0 saturated carbocycles. The van der Waals surface area contributed by atoms with Crippen molar-refractivity contribution in [3.63, 3.8) is 0 Å². The first-order chi connectivity index (χ1) is 14.0. The number of para-hydroxylation sites is 1. The molecule has 1 N–H and O–H groups in total. The fourth-order valence-electron chi connectivity index (χ4n) is 2.75. The second-order valence-corrected chi connectivity index (χ2v) is 7.03. The minimum Gasteiger partial charge on any atom is -0.497 e. The van der Waals surface area contributed by atoms with E-state index in [0.717, 1.165) is 4.90 Å². The van der Waals surface area contributed by atoms with Crippen molar-refractivity contribution >= 4 is 40.9 Å². The van der Waals surface area contributed by atoms with E-state index in [1.54, 1.807) is 30.3 Å². The molecule has 0 bridgehead atoms. The van der Waals surface area contributed by atoms with Crippen molar-refractivity contribution in [1.82, 2.24) is 0 Å². The van der Waals surface area contributed by atoms with Crippen molar-refractivity contribution in [3.8, 4) is 11.5 Å². The number of nitrogens with one attached hydrogen (secondary N) is 1. The zero-order chi connectivity index (χ0) is 20.8. The van der Waals surface area contributed by atoms with E-state index in [0.29, 0.717) is 22.9 Å². The number of benzene rings is 2. The lowest BCUT2D eigenvalue weighted by Crippen LogP contribution is -2.40. The first-order valence-electron chi connectivity index (χ1n) is 8.71. The van der Waals surface area contributed by atoms with Crippen LogP contribution in [0, 0.1) is 0 Å². The molecule has 0 fully saturated rings. The van der Waals surface area contributed by atoms with Gasteiger partial charge in [-0.15, -0.1) is 11.8 Å². The van der Waals surface area contributed by atoms with Crippen LogP contribution in [0.4, 0.5) is 11.4 Å². The quantitative estimate of drug-likeness (QED) is 0.692. The molecular formula is C20H20N2O6S. The van der Waals surface area contributed by atoms with E-state index in [-0.39, 0.29) is 18.2 Å². The predicted octanol–water partition coefficient (Wildman–Crippen LogP) is 2.32. The summed E-state index contributed by atoms with van der Waals surface area (Å²) in [6.45, 7) is -0.746. The van der Waals surface area contributed by atoms with E-state index < -0.39 is 18.5 Å². The van der Waals surface area contributed by atoms with Gasteiger partial charge in [-0.1, -0.05) is 12.1 Å². The highest BCUT2D eigenvalue weighted by molar-refractivity contribution is 8.00. The lowest BCUT2D eigenvalue weighted by Gasteiger charge is -2.27. The van der Waals surface area contributed by atoms with Crippen LogP contribution in [0.25, 0.3) is 0 Å². The molecule has 0 unspecified atom stereocenters. The number of anilines is 2. The van der Waals surface area contributed by atoms with E-state index >= 15 is 0 Å². The van der Waals surface area contributed by atoms with Crippen LogP contribution in [0.3, 0.4) is 0 Å². The number of thioether (sulfide) groups is 1. The van der Waals surface area contributed by atoms with Crippen LogP contribution in [0.1, 0.15) is 0 Å². The zero-order valence-corrected chi connectivity index (χ0v) is 16.8. The topological polar surface area (TPSA) is 94.2 Å². The average molecular weight is 416 g/mol. The fourth-order valence-corrected chi connectivity index (χ4v) is 3.68. The number of amides is 2. The van der Waals surface area contributed by atoms with Gasteiger partial charge in [0.05, 0.1) is 31.3 Å². The lowest BCUT2D eigenvalue weighted by molar-refractivity contribution is -0.146. The molecule has 0 aromatic heterocycles. The molecule has 2 aromatic carbocycles.